The highest BCUT2D eigenvalue weighted by Gasteiger charge is 2.16. The number of amides is 1. The fourth-order valence-electron chi connectivity index (χ4n) is 1.96. The van der Waals surface area contributed by atoms with Crippen LogP contribution in [0.25, 0.3) is 0 Å². The minimum absolute atomic E-state index is 0. The Morgan fingerprint density at radius 3 is 2.62 bits per heavy atom. The van der Waals surface area contributed by atoms with E-state index in [0.29, 0.717) is 23.0 Å². The van der Waals surface area contributed by atoms with Crippen LogP contribution in [0.2, 0.25) is 5.02 Å². The molecular formula is C14H23Cl2N3O2. The molecule has 0 radical (unpaired) electrons. The highest BCUT2D eigenvalue weighted by Crippen LogP contribution is 2.27. The van der Waals surface area contributed by atoms with Crippen molar-refractivity contribution >= 4 is 35.6 Å². The summed E-state index contributed by atoms with van der Waals surface area (Å²) in [6, 6.07) is 5.08. The number of nitrogens with two attached hydrogens (primary N) is 1. The van der Waals surface area contributed by atoms with E-state index in [-0.39, 0.29) is 30.4 Å². The lowest BCUT2D eigenvalue weighted by Gasteiger charge is -2.26. The molecule has 0 unspecified atom stereocenters. The number of carbonyl (C=O) groups is 1. The number of hydrogen-bond donors (Lipinski definition) is 2. The average molecular weight is 336 g/mol. The highest BCUT2D eigenvalue weighted by atomic mass is 35.5. The van der Waals surface area contributed by atoms with Gasteiger partial charge in [0, 0.05) is 17.1 Å². The fraction of sp³-hybridized carbons (Fsp3) is 0.500. The summed E-state index contributed by atoms with van der Waals surface area (Å²) in [6.07, 6.45) is 0. The monoisotopic (exact) mass is 335 g/mol. The number of nitrogens with one attached hydrogen (secondary N) is 1. The third-order valence-corrected chi connectivity index (χ3v) is 2.76. The quantitative estimate of drug-likeness (QED) is 0.837. The number of anilines is 1. The summed E-state index contributed by atoms with van der Waals surface area (Å²) in [5, 5.41) is 3.33. The normalized spacial score (nSPS) is 11.0. The number of ether oxygens (including phenoxy) is 1. The van der Waals surface area contributed by atoms with Gasteiger partial charge in [0.2, 0.25) is 5.91 Å². The first-order valence-electron chi connectivity index (χ1n) is 6.32. The first-order valence-corrected chi connectivity index (χ1v) is 6.70. The zero-order valence-corrected chi connectivity index (χ0v) is 14.3. The largest absolute Gasteiger partial charge is 0.495 e. The molecule has 0 bridgehead atoms. The third kappa shape index (κ3) is 7.52. The van der Waals surface area contributed by atoms with E-state index in [2.05, 4.69) is 5.32 Å². The molecule has 0 saturated heterocycles. The predicted octanol–water partition coefficient (Wildman–Crippen LogP) is 2.38. The van der Waals surface area contributed by atoms with Gasteiger partial charge in [0.15, 0.2) is 0 Å². The molecule has 0 aliphatic rings. The molecule has 0 fully saturated rings. The van der Waals surface area contributed by atoms with Crippen molar-refractivity contribution in [2.24, 2.45) is 5.73 Å². The van der Waals surface area contributed by atoms with Crippen molar-refractivity contribution in [1.29, 1.82) is 0 Å². The van der Waals surface area contributed by atoms with E-state index < -0.39 is 0 Å². The Morgan fingerprint density at radius 2 is 2.10 bits per heavy atom. The Labute approximate surface area is 137 Å². The van der Waals surface area contributed by atoms with E-state index in [1.807, 2.05) is 25.8 Å². The second-order valence-electron chi connectivity index (χ2n) is 5.55. The van der Waals surface area contributed by atoms with Crippen LogP contribution in [-0.2, 0) is 4.79 Å². The van der Waals surface area contributed by atoms with Crippen LogP contribution in [0, 0.1) is 0 Å². The van der Waals surface area contributed by atoms with Crippen LogP contribution in [0.5, 0.6) is 5.75 Å². The van der Waals surface area contributed by atoms with Crippen LogP contribution in [0.4, 0.5) is 5.69 Å². The number of benzene rings is 1. The fourth-order valence-corrected chi connectivity index (χ4v) is 2.14. The van der Waals surface area contributed by atoms with Crippen LogP contribution >= 0.6 is 24.0 Å². The van der Waals surface area contributed by atoms with E-state index in [1.54, 1.807) is 25.3 Å². The maximum atomic E-state index is 12.0. The molecule has 1 amide bonds. The standard InChI is InChI=1S/C14H22ClN3O2.ClH/c1-14(2,16)9-18(3)8-13(19)17-11-7-10(15)5-6-12(11)20-4;/h5-7H,8-9,16H2,1-4H3,(H,17,19);1H. The van der Waals surface area contributed by atoms with E-state index in [1.165, 1.54) is 0 Å². The van der Waals surface area contributed by atoms with Crippen LogP contribution in [0.15, 0.2) is 18.2 Å². The smallest absolute Gasteiger partial charge is 0.238 e. The molecule has 1 aromatic rings. The molecule has 0 aromatic heterocycles. The Balaban J connectivity index is 0.00000400. The van der Waals surface area contributed by atoms with Crippen LogP contribution in [-0.4, -0.2) is 43.6 Å². The average Bonchev–Trinajstić information content (AvgIpc) is 2.26. The third-order valence-electron chi connectivity index (χ3n) is 2.53. The van der Waals surface area contributed by atoms with E-state index in [4.69, 9.17) is 22.1 Å². The lowest BCUT2D eigenvalue weighted by molar-refractivity contribution is -0.117. The van der Waals surface area contributed by atoms with E-state index in [0.717, 1.165) is 0 Å². The number of methoxy groups -OCH3 is 1. The number of halogens is 2. The maximum Gasteiger partial charge on any atom is 0.238 e. The second-order valence-corrected chi connectivity index (χ2v) is 5.99. The number of rotatable bonds is 6. The van der Waals surface area contributed by atoms with E-state index >= 15 is 0 Å². The van der Waals surface area contributed by atoms with Gasteiger partial charge >= 0.3 is 0 Å². The Morgan fingerprint density at radius 1 is 1.48 bits per heavy atom. The van der Waals surface area contributed by atoms with Gasteiger partial charge in [-0.25, -0.2) is 0 Å². The Bertz CT molecular complexity index is 476. The van der Waals surface area contributed by atoms with Crippen molar-refractivity contribution in [2.45, 2.75) is 19.4 Å². The molecular weight excluding hydrogens is 313 g/mol. The van der Waals surface area contributed by atoms with Gasteiger partial charge in [-0.05, 0) is 39.1 Å². The van der Waals surface area contributed by atoms with Gasteiger partial charge in [-0.3, -0.25) is 9.69 Å². The van der Waals surface area contributed by atoms with Crippen molar-refractivity contribution < 1.29 is 9.53 Å². The minimum atomic E-state index is -0.344. The summed E-state index contributed by atoms with van der Waals surface area (Å²) in [5.41, 5.74) is 6.14. The lowest BCUT2D eigenvalue weighted by Crippen LogP contribution is -2.45. The van der Waals surface area contributed by atoms with Crippen LogP contribution in [0.1, 0.15) is 13.8 Å². The lowest BCUT2D eigenvalue weighted by atomic mass is 10.1. The molecule has 1 rings (SSSR count). The maximum absolute atomic E-state index is 12.0. The predicted molar refractivity (Wildman–Crippen MR) is 89.6 cm³/mol. The second kappa shape index (κ2) is 8.44. The molecule has 0 heterocycles. The number of carbonyl (C=O) groups excluding carboxylic acids is 1. The Kier molecular flexibility index (Phi) is 8.03. The summed E-state index contributed by atoms with van der Waals surface area (Å²) in [7, 11) is 3.39. The molecule has 0 spiro atoms. The van der Waals surface area contributed by atoms with Gasteiger partial charge in [-0.1, -0.05) is 11.6 Å². The summed E-state index contributed by atoms with van der Waals surface area (Å²) in [5.74, 6) is 0.432. The Hall–Kier alpha value is -1.01. The molecule has 0 atom stereocenters. The molecule has 120 valence electrons. The summed E-state index contributed by atoms with van der Waals surface area (Å²) in [6.45, 7) is 4.70. The molecule has 0 aliphatic carbocycles. The molecule has 7 heteroatoms. The van der Waals surface area contributed by atoms with Crippen molar-refractivity contribution in [2.75, 3.05) is 32.6 Å². The van der Waals surface area contributed by atoms with Crippen molar-refractivity contribution in [1.82, 2.24) is 4.90 Å². The first-order chi connectivity index (χ1) is 9.21. The molecule has 0 aliphatic heterocycles. The van der Waals surface area contributed by atoms with Crippen molar-refractivity contribution in [3.63, 3.8) is 0 Å². The van der Waals surface area contributed by atoms with Gasteiger partial charge in [-0.2, -0.15) is 0 Å². The zero-order valence-electron chi connectivity index (χ0n) is 12.8. The van der Waals surface area contributed by atoms with Gasteiger partial charge in [0.25, 0.3) is 0 Å². The van der Waals surface area contributed by atoms with Gasteiger partial charge < -0.3 is 15.8 Å². The van der Waals surface area contributed by atoms with E-state index in [9.17, 15) is 4.79 Å². The van der Waals surface area contributed by atoms with Gasteiger partial charge in [0.05, 0.1) is 19.3 Å². The van der Waals surface area contributed by atoms with Crippen molar-refractivity contribution in [3.05, 3.63) is 23.2 Å². The number of hydrogen-bond acceptors (Lipinski definition) is 4. The molecule has 5 nitrogen and oxygen atoms in total. The van der Waals surface area contributed by atoms with Crippen LogP contribution < -0.4 is 15.8 Å². The number of likely N-dealkylation sites (N-methyl/N-ethyl adjacent to an activating group) is 1. The summed E-state index contributed by atoms with van der Waals surface area (Å²) >= 11 is 5.92. The zero-order chi connectivity index (χ0) is 15.3. The summed E-state index contributed by atoms with van der Waals surface area (Å²) in [4.78, 5) is 13.9. The SMILES string of the molecule is COc1ccc(Cl)cc1NC(=O)CN(C)CC(C)(C)N.Cl. The number of nitrogens with zero attached hydrogens (tertiary/aromatic N) is 1. The highest BCUT2D eigenvalue weighted by molar-refractivity contribution is 6.31. The van der Waals surface area contributed by atoms with Gasteiger partial charge in [-0.15, -0.1) is 12.4 Å². The van der Waals surface area contributed by atoms with Crippen molar-refractivity contribution in [3.8, 4) is 5.75 Å². The molecule has 1 aromatic carbocycles. The summed E-state index contributed by atoms with van der Waals surface area (Å²) < 4.78 is 5.18. The molecule has 21 heavy (non-hydrogen) atoms. The minimum Gasteiger partial charge on any atom is -0.495 e. The molecule has 3 N–H and O–H groups in total. The first kappa shape index (κ1) is 20.0. The van der Waals surface area contributed by atoms with Gasteiger partial charge in [0.1, 0.15) is 5.75 Å². The topological polar surface area (TPSA) is 67.6 Å². The molecule has 0 saturated carbocycles. The van der Waals surface area contributed by atoms with Crippen LogP contribution in [0.3, 0.4) is 0 Å².